The first-order valence-electron chi connectivity index (χ1n) is 9.18. The minimum atomic E-state index is -0.475. The third-order valence-electron chi connectivity index (χ3n) is 4.61. The lowest BCUT2D eigenvalue weighted by molar-refractivity contribution is -0.384. The summed E-state index contributed by atoms with van der Waals surface area (Å²) in [6.45, 7) is 0.390. The van der Waals surface area contributed by atoms with Crippen molar-refractivity contribution in [1.29, 1.82) is 0 Å². The number of benzene rings is 2. The van der Waals surface area contributed by atoms with Crippen LogP contribution >= 0.6 is 0 Å². The molecule has 0 bridgehead atoms. The highest BCUT2D eigenvalue weighted by molar-refractivity contribution is 5.84. The fourth-order valence-corrected chi connectivity index (χ4v) is 3.05. The molecule has 1 aromatic heterocycles. The summed E-state index contributed by atoms with van der Waals surface area (Å²) in [5.74, 6) is -0.994. The lowest BCUT2D eigenvalue weighted by atomic mass is 9.91. The number of carbonyl (C=O) groups is 1. The summed E-state index contributed by atoms with van der Waals surface area (Å²) < 4.78 is 13.3. The van der Waals surface area contributed by atoms with Crippen molar-refractivity contribution < 1.29 is 14.1 Å². The summed E-state index contributed by atoms with van der Waals surface area (Å²) in [6.07, 6.45) is 4.37. The Balaban J connectivity index is 1.65. The Kier molecular flexibility index (Phi) is 6.63. The Labute approximate surface area is 167 Å². The second-order valence-corrected chi connectivity index (χ2v) is 6.63. The predicted molar refractivity (Wildman–Crippen MR) is 107 cm³/mol. The number of carbonyl (C=O) groups excluding carboxylic acids is 1. The van der Waals surface area contributed by atoms with Crippen LogP contribution < -0.4 is 5.32 Å². The van der Waals surface area contributed by atoms with Crippen LogP contribution in [0.5, 0.6) is 0 Å². The highest BCUT2D eigenvalue weighted by Gasteiger charge is 2.21. The van der Waals surface area contributed by atoms with Crippen LogP contribution in [0.2, 0.25) is 0 Å². The van der Waals surface area contributed by atoms with Gasteiger partial charge in [0, 0.05) is 31.1 Å². The molecule has 0 aliphatic heterocycles. The number of non-ortho nitro benzene ring substituents is 1. The zero-order chi connectivity index (χ0) is 20.6. The molecule has 0 aliphatic carbocycles. The van der Waals surface area contributed by atoms with E-state index >= 15 is 0 Å². The molecule has 3 rings (SSSR count). The predicted octanol–water partition coefficient (Wildman–Crippen LogP) is 3.81. The molecule has 0 radical (unpaired) electrons. The van der Waals surface area contributed by atoms with E-state index in [-0.39, 0.29) is 17.4 Å². The van der Waals surface area contributed by atoms with Crippen molar-refractivity contribution in [2.75, 3.05) is 6.54 Å². The Morgan fingerprint density at radius 3 is 2.41 bits per heavy atom. The fraction of sp³-hybridized carbons (Fsp3) is 0.182. The molecule has 0 fully saturated rings. The van der Waals surface area contributed by atoms with Crippen LogP contribution in [0, 0.1) is 15.9 Å². The van der Waals surface area contributed by atoms with Crippen LogP contribution in [-0.4, -0.2) is 22.4 Å². The summed E-state index contributed by atoms with van der Waals surface area (Å²) in [5, 5.41) is 13.6. The molecule has 1 unspecified atom stereocenters. The van der Waals surface area contributed by atoms with Crippen LogP contribution in [-0.2, 0) is 17.6 Å². The van der Waals surface area contributed by atoms with Crippen molar-refractivity contribution in [2.45, 2.75) is 18.8 Å². The molecule has 1 atom stereocenters. The van der Waals surface area contributed by atoms with Crippen molar-refractivity contribution >= 4 is 11.6 Å². The number of aromatic nitrogens is 1. The van der Waals surface area contributed by atoms with Gasteiger partial charge in [-0.3, -0.25) is 19.9 Å². The van der Waals surface area contributed by atoms with Crippen LogP contribution in [0.25, 0.3) is 0 Å². The maximum absolute atomic E-state index is 13.3. The van der Waals surface area contributed by atoms with Gasteiger partial charge in [0.1, 0.15) is 5.82 Å². The molecule has 0 saturated heterocycles. The maximum atomic E-state index is 13.3. The Hall–Kier alpha value is -3.61. The van der Waals surface area contributed by atoms with E-state index < -0.39 is 10.8 Å². The number of amides is 1. The average Bonchev–Trinajstić information content (AvgIpc) is 2.74. The molecule has 3 aromatic rings. The molecule has 6 nitrogen and oxygen atoms in total. The molecular weight excluding hydrogens is 373 g/mol. The molecule has 0 spiro atoms. The van der Waals surface area contributed by atoms with Gasteiger partial charge in [0.15, 0.2) is 0 Å². The lowest BCUT2D eigenvalue weighted by Crippen LogP contribution is -2.32. The highest BCUT2D eigenvalue weighted by Crippen LogP contribution is 2.22. The van der Waals surface area contributed by atoms with Gasteiger partial charge >= 0.3 is 0 Å². The Bertz CT molecular complexity index is 961. The molecule has 2 aromatic carbocycles. The number of rotatable bonds is 8. The Morgan fingerprint density at radius 2 is 1.79 bits per heavy atom. The SMILES string of the molecule is O=C(NCCc1ccc([N+](=O)[O-])cc1)C(Cc1cccnc1)c1ccc(F)cc1. The standard InChI is InChI=1S/C22H20FN3O3/c23-19-7-5-18(6-8-19)21(14-17-2-1-12-24-15-17)22(27)25-13-11-16-3-9-20(10-4-16)26(28)29/h1-10,12,15,21H,11,13-14H2,(H,25,27). The van der Waals surface area contributed by atoms with E-state index in [0.717, 1.165) is 16.7 Å². The second kappa shape index (κ2) is 9.54. The summed E-state index contributed by atoms with van der Waals surface area (Å²) in [7, 11) is 0. The molecule has 148 valence electrons. The van der Waals surface area contributed by atoms with E-state index in [4.69, 9.17) is 0 Å². The molecule has 0 saturated carbocycles. The van der Waals surface area contributed by atoms with E-state index in [0.29, 0.717) is 19.4 Å². The molecule has 0 aliphatic rings. The zero-order valence-electron chi connectivity index (χ0n) is 15.6. The van der Waals surface area contributed by atoms with Crippen molar-refractivity contribution in [3.05, 3.63) is 106 Å². The number of nitrogens with zero attached hydrogens (tertiary/aromatic N) is 2. The number of halogens is 1. The van der Waals surface area contributed by atoms with Crippen molar-refractivity contribution in [1.82, 2.24) is 10.3 Å². The maximum Gasteiger partial charge on any atom is 0.269 e. The van der Waals surface area contributed by atoms with Gasteiger partial charge < -0.3 is 5.32 Å². The topological polar surface area (TPSA) is 85.1 Å². The van der Waals surface area contributed by atoms with E-state index in [1.807, 2.05) is 12.1 Å². The normalized spacial score (nSPS) is 11.6. The molecule has 1 N–H and O–H groups in total. The van der Waals surface area contributed by atoms with Gasteiger partial charge in [-0.2, -0.15) is 0 Å². The van der Waals surface area contributed by atoms with Gasteiger partial charge in [0.05, 0.1) is 10.8 Å². The zero-order valence-corrected chi connectivity index (χ0v) is 15.6. The smallest absolute Gasteiger partial charge is 0.269 e. The number of nitrogens with one attached hydrogen (secondary N) is 1. The van der Waals surface area contributed by atoms with Gasteiger partial charge in [-0.1, -0.05) is 30.3 Å². The minimum absolute atomic E-state index is 0.0330. The number of nitro benzene ring substituents is 1. The quantitative estimate of drug-likeness (QED) is 0.466. The van der Waals surface area contributed by atoms with E-state index in [2.05, 4.69) is 10.3 Å². The first kappa shape index (κ1) is 20.1. The van der Waals surface area contributed by atoms with E-state index in [1.54, 1.807) is 36.7 Å². The average molecular weight is 393 g/mol. The largest absolute Gasteiger partial charge is 0.355 e. The Morgan fingerprint density at radius 1 is 1.07 bits per heavy atom. The van der Waals surface area contributed by atoms with Crippen LogP contribution in [0.4, 0.5) is 10.1 Å². The highest BCUT2D eigenvalue weighted by atomic mass is 19.1. The summed E-state index contributed by atoms with van der Waals surface area (Å²) >= 11 is 0. The first-order chi connectivity index (χ1) is 14.0. The van der Waals surface area contributed by atoms with Crippen LogP contribution in [0.15, 0.2) is 73.1 Å². The van der Waals surface area contributed by atoms with Crippen molar-refractivity contribution in [3.8, 4) is 0 Å². The number of hydrogen-bond acceptors (Lipinski definition) is 4. The van der Waals surface area contributed by atoms with Gasteiger partial charge in [0.2, 0.25) is 5.91 Å². The summed E-state index contributed by atoms with van der Waals surface area (Å²) in [6, 6.07) is 15.9. The van der Waals surface area contributed by atoms with Crippen molar-refractivity contribution in [2.24, 2.45) is 0 Å². The minimum Gasteiger partial charge on any atom is -0.355 e. The first-order valence-corrected chi connectivity index (χ1v) is 9.18. The molecule has 1 amide bonds. The van der Waals surface area contributed by atoms with Crippen LogP contribution in [0.3, 0.4) is 0 Å². The third kappa shape index (κ3) is 5.68. The summed E-state index contributed by atoms with van der Waals surface area (Å²) in [4.78, 5) is 27.2. The fourth-order valence-electron chi connectivity index (χ4n) is 3.05. The van der Waals surface area contributed by atoms with E-state index in [1.165, 1.54) is 24.3 Å². The molecule has 1 heterocycles. The van der Waals surface area contributed by atoms with Gasteiger partial charge in [-0.25, -0.2) is 4.39 Å². The van der Waals surface area contributed by atoms with E-state index in [9.17, 15) is 19.3 Å². The monoisotopic (exact) mass is 393 g/mol. The third-order valence-corrected chi connectivity index (χ3v) is 4.61. The summed E-state index contributed by atoms with van der Waals surface area (Å²) in [5.41, 5.74) is 2.56. The van der Waals surface area contributed by atoms with Gasteiger partial charge in [-0.15, -0.1) is 0 Å². The lowest BCUT2D eigenvalue weighted by Gasteiger charge is -2.17. The number of pyridine rings is 1. The van der Waals surface area contributed by atoms with Gasteiger partial charge in [0.25, 0.3) is 5.69 Å². The van der Waals surface area contributed by atoms with Crippen molar-refractivity contribution in [3.63, 3.8) is 0 Å². The number of nitro groups is 1. The molecule has 7 heteroatoms. The van der Waals surface area contributed by atoms with Crippen LogP contribution in [0.1, 0.15) is 22.6 Å². The van der Waals surface area contributed by atoms with Gasteiger partial charge in [-0.05, 0) is 47.7 Å². The second-order valence-electron chi connectivity index (χ2n) is 6.63. The molecular formula is C22H20FN3O3. The number of hydrogen-bond donors (Lipinski definition) is 1. The molecule has 29 heavy (non-hydrogen) atoms.